The second-order valence-electron chi connectivity index (χ2n) is 3.35. The number of aromatic nitrogens is 4. The average molecular weight is 303 g/mol. The van der Waals surface area contributed by atoms with Crippen molar-refractivity contribution >= 4 is 40.0 Å². The summed E-state index contributed by atoms with van der Waals surface area (Å²) in [7, 11) is 0. The zero-order chi connectivity index (χ0) is 10.3. The molecule has 0 aliphatic rings. The van der Waals surface area contributed by atoms with E-state index >= 15 is 0 Å². The minimum absolute atomic E-state index is 0.300. The molecule has 6 heteroatoms. The first-order chi connectivity index (χ1) is 6.59. The second-order valence-corrected chi connectivity index (χ2v) is 4.39. The molecule has 0 bridgehead atoms. The lowest BCUT2D eigenvalue weighted by Gasteiger charge is -2.05. The van der Waals surface area contributed by atoms with Crippen LogP contribution in [0.15, 0.2) is 6.33 Å². The summed E-state index contributed by atoms with van der Waals surface area (Å²) in [6.45, 7) is 4.13. The Bertz CT molecular complexity index is 476. The highest BCUT2D eigenvalue weighted by atomic mass is 127. The maximum absolute atomic E-state index is 5.62. The van der Waals surface area contributed by atoms with E-state index in [1.54, 1.807) is 6.33 Å². The van der Waals surface area contributed by atoms with Crippen LogP contribution in [0.1, 0.15) is 25.5 Å². The third-order valence-corrected chi connectivity index (χ3v) is 2.65. The maximum Gasteiger partial charge on any atom is 0.222 e. The van der Waals surface area contributed by atoms with Gasteiger partial charge in [0.1, 0.15) is 11.8 Å². The topological polar surface area (TPSA) is 69.6 Å². The largest absolute Gasteiger partial charge is 0.368 e. The molecule has 74 valence electrons. The number of fused-ring (bicyclic) bond motifs is 1. The first-order valence-corrected chi connectivity index (χ1v) is 5.22. The van der Waals surface area contributed by atoms with Crippen LogP contribution in [-0.2, 0) is 0 Å². The normalized spacial score (nSPS) is 11.4. The van der Waals surface area contributed by atoms with Crippen LogP contribution in [0.2, 0.25) is 0 Å². The minimum atomic E-state index is 0.300. The molecule has 0 unspecified atom stereocenters. The Morgan fingerprint density at radius 1 is 1.43 bits per heavy atom. The molecule has 0 radical (unpaired) electrons. The molecule has 0 spiro atoms. The molecule has 0 amide bonds. The number of hydrogen-bond acceptors (Lipinski definition) is 4. The molecule has 2 N–H and O–H groups in total. The highest BCUT2D eigenvalue weighted by Crippen LogP contribution is 2.22. The number of imidazole rings is 1. The molecule has 0 aliphatic heterocycles. The Kier molecular flexibility index (Phi) is 2.30. The molecule has 2 aromatic heterocycles. The summed E-state index contributed by atoms with van der Waals surface area (Å²) in [5, 5.41) is 0. The molecule has 5 nitrogen and oxygen atoms in total. The van der Waals surface area contributed by atoms with Crippen molar-refractivity contribution in [3.8, 4) is 0 Å². The van der Waals surface area contributed by atoms with Gasteiger partial charge in [-0.25, -0.2) is 9.97 Å². The Morgan fingerprint density at radius 3 is 2.79 bits per heavy atom. The molecule has 2 aromatic rings. The van der Waals surface area contributed by atoms with Crippen molar-refractivity contribution in [2.75, 3.05) is 5.73 Å². The van der Waals surface area contributed by atoms with E-state index in [2.05, 4.69) is 51.7 Å². The van der Waals surface area contributed by atoms with E-state index in [9.17, 15) is 0 Å². The van der Waals surface area contributed by atoms with Crippen molar-refractivity contribution in [2.45, 2.75) is 19.8 Å². The van der Waals surface area contributed by atoms with Crippen LogP contribution in [0.4, 0.5) is 5.95 Å². The van der Waals surface area contributed by atoms with E-state index in [1.165, 1.54) is 0 Å². The molecular weight excluding hydrogens is 293 g/mol. The molecule has 14 heavy (non-hydrogen) atoms. The van der Waals surface area contributed by atoms with Crippen LogP contribution in [0, 0.1) is 0 Å². The van der Waals surface area contributed by atoms with E-state index in [0.717, 1.165) is 16.9 Å². The van der Waals surface area contributed by atoms with Crippen LogP contribution in [-0.4, -0.2) is 17.7 Å². The summed E-state index contributed by atoms with van der Waals surface area (Å²) in [4.78, 5) is 12.6. The van der Waals surface area contributed by atoms with Crippen molar-refractivity contribution in [1.29, 1.82) is 0 Å². The van der Waals surface area contributed by atoms with Gasteiger partial charge in [-0.2, -0.15) is 4.98 Å². The summed E-state index contributed by atoms with van der Waals surface area (Å²) in [5.74, 6) is 0.605. The molecule has 2 heterocycles. The molecule has 0 aromatic carbocycles. The van der Waals surface area contributed by atoms with Crippen molar-refractivity contribution in [3.05, 3.63) is 12.0 Å². The SMILES string of the molecule is CC(C)c1nc(N)nc2c1ncn2I. The Hall–Kier alpha value is -0.920. The van der Waals surface area contributed by atoms with Gasteiger partial charge in [-0.15, -0.1) is 0 Å². The molecule has 0 saturated heterocycles. The molecule has 0 atom stereocenters. The fraction of sp³-hybridized carbons (Fsp3) is 0.375. The lowest BCUT2D eigenvalue weighted by Crippen LogP contribution is -2.02. The highest BCUT2D eigenvalue weighted by Gasteiger charge is 2.13. The van der Waals surface area contributed by atoms with Crippen molar-refractivity contribution in [3.63, 3.8) is 0 Å². The summed E-state index contributed by atoms with van der Waals surface area (Å²) in [5.41, 5.74) is 8.15. The summed E-state index contributed by atoms with van der Waals surface area (Å²) >= 11 is 2.12. The zero-order valence-electron chi connectivity index (χ0n) is 7.90. The Labute approximate surface area is 95.2 Å². The van der Waals surface area contributed by atoms with Gasteiger partial charge < -0.3 is 5.73 Å². The summed E-state index contributed by atoms with van der Waals surface area (Å²) in [6, 6.07) is 0. The first-order valence-electron chi connectivity index (χ1n) is 4.26. The van der Waals surface area contributed by atoms with E-state index in [0.29, 0.717) is 11.9 Å². The van der Waals surface area contributed by atoms with Gasteiger partial charge in [0.25, 0.3) is 0 Å². The predicted molar refractivity (Wildman–Crippen MR) is 63.2 cm³/mol. The van der Waals surface area contributed by atoms with Crippen LogP contribution < -0.4 is 5.73 Å². The second kappa shape index (κ2) is 3.34. The fourth-order valence-corrected chi connectivity index (χ4v) is 1.78. The summed E-state index contributed by atoms with van der Waals surface area (Å²) in [6.07, 6.45) is 1.71. The van der Waals surface area contributed by atoms with Gasteiger partial charge in [0.05, 0.1) is 28.6 Å². The number of halogens is 1. The highest BCUT2D eigenvalue weighted by molar-refractivity contribution is 14.1. The average Bonchev–Trinajstić information content (AvgIpc) is 2.47. The molecule has 0 fully saturated rings. The number of nitrogens with two attached hydrogens (primary N) is 1. The number of anilines is 1. The van der Waals surface area contributed by atoms with Crippen molar-refractivity contribution in [2.24, 2.45) is 0 Å². The van der Waals surface area contributed by atoms with Gasteiger partial charge in [0.15, 0.2) is 5.65 Å². The predicted octanol–water partition coefficient (Wildman–Crippen LogP) is 1.73. The van der Waals surface area contributed by atoms with Crippen LogP contribution in [0.3, 0.4) is 0 Å². The standard InChI is InChI=1S/C8H10IN5/c1-4(2)5-6-7(13-8(10)12-5)14(9)3-11-6/h3-4H,1-2H3,(H2,10,12,13). The first kappa shape index (κ1) is 9.63. The van der Waals surface area contributed by atoms with E-state index < -0.39 is 0 Å². The maximum atomic E-state index is 5.62. The van der Waals surface area contributed by atoms with Crippen LogP contribution in [0.25, 0.3) is 11.2 Å². The van der Waals surface area contributed by atoms with Gasteiger partial charge in [-0.05, 0) is 5.92 Å². The van der Waals surface area contributed by atoms with E-state index in [1.807, 2.05) is 2.78 Å². The van der Waals surface area contributed by atoms with Crippen molar-refractivity contribution in [1.82, 2.24) is 17.7 Å². The quantitative estimate of drug-likeness (QED) is 0.815. The number of rotatable bonds is 1. The van der Waals surface area contributed by atoms with Gasteiger partial charge in [0.2, 0.25) is 5.95 Å². The monoisotopic (exact) mass is 303 g/mol. The number of hydrogen-bond donors (Lipinski definition) is 1. The zero-order valence-corrected chi connectivity index (χ0v) is 10.1. The molecule has 0 saturated carbocycles. The molecule has 0 aliphatic carbocycles. The van der Waals surface area contributed by atoms with E-state index in [4.69, 9.17) is 5.73 Å². The number of nitrogen functional groups attached to an aromatic ring is 1. The lowest BCUT2D eigenvalue weighted by molar-refractivity contribution is 0.828. The Morgan fingerprint density at radius 2 is 2.14 bits per heavy atom. The molecular formula is C8H10IN5. The fourth-order valence-electron chi connectivity index (χ4n) is 1.32. The lowest BCUT2D eigenvalue weighted by atomic mass is 10.1. The van der Waals surface area contributed by atoms with Crippen molar-refractivity contribution < 1.29 is 0 Å². The smallest absolute Gasteiger partial charge is 0.222 e. The van der Waals surface area contributed by atoms with Gasteiger partial charge in [0, 0.05) is 0 Å². The minimum Gasteiger partial charge on any atom is -0.368 e. The van der Waals surface area contributed by atoms with Crippen LogP contribution >= 0.6 is 22.9 Å². The summed E-state index contributed by atoms with van der Waals surface area (Å²) < 4.78 is 1.82. The Balaban J connectivity index is 2.82. The third kappa shape index (κ3) is 1.43. The molecule has 2 rings (SSSR count). The van der Waals surface area contributed by atoms with Gasteiger partial charge in [-0.3, -0.25) is 2.78 Å². The third-order valence-electron chi connectivity index (χ3n) is 1.95. The van der Waals surface area contributed by atoms with Gasteiger partial charge >= 0.3 is 0 Å². The van der Waals surface area contributed by atoms with E-state index in [-0.39, 0.29) is 0 Å². The number of nitrogens with zero attached hydrogens (tertiary/aromatic N) is 4. The van der Waals surface area contributed by atoms with Gasteiger partial charge in [-0.1, -0.05) is 13.8 Å². The van der Waals surface area contributed by atoms with Crippen LogP contribution in [0.5, 0.6) is 0 Å².